The standard InChI is InChI=1S/C21H25N5/c1-14(2)25-11-8-17(9-12-25)26-13-16-4-3-15-7-10-22-23-21(15)18-5-6-19(24-26)20(16)18/h3-7,10,14,17,23H,8-9,11-13H2,1-2H3. The van der Waals surface area contributed by atoms with Crippen LogP contribution in [0.1, 0.15) is 32.3 Å². The zero-order valence-electron chi connectivity index (χ0n) is 15.4. The van der Waals surface area contributed by atoms with Crippen molar-refractivity contribution < 1.29 is 0 Å². The highest BCUT2D eigenvalue weighted by atomic mass is 15.5. The molecule has 0 saturated carbocycles. The van der Waals surface area contributed by atoms with Crippen LogP contribution in [0, 0.1) is 0 Å². The molecule has 26 heavy (non-hydrogen) atoms. The number of hydrogen-bond acceptors (Lipinski definition) is 5. The molecule has 0 aromatic heterocycles. The Balaban J connectivity index is 1.50. The van der Waals surface area contributed by atoms with Gasteiger partial charge in [-0.2, -0.15) is 10.2 Å². The third-order valence-electron chi connectivity index (χ3n) is 6.00. The lowest BCUT2D eigenvalue weighted by atomic mass is 10.00. The predicted octanol–water partition coefficient (Wildman–Crippen LogP) is 2.21. The lowest BCUT2D eigenvalue weighted by molar-refractivity contribution is 0.0850. The average molecular weight is 347 g/mol. The van der Waals surface area contributed by atoms with Crippen molar-refractivity contribution in [2.75, 3.05) is 18.5 Å². The first kappa shape index (κ1) is 15.8. The highest BCUT2D eigenvalue weighted by Crippen LogP contribution is 2.32. The quantitative estimate of drug-likeness (QED) is 0.906. The van der Waals surface area contributed by atoms with Crippen LogP contribution in [0.5, 0.6) is 0 Å². The van der Waals surface area contributed by atoms with Crippen molar-refractivity contribution in [3.05, 3.63) is 40.4 Å². The number of nitrogens with zero attached hydrogens (tertiary/aromatic N) is 4. The highest BCUT2D eigenvalue weighted by molar-refractivity contribution is 5.96. The first-order valence-corrected chi connectivity index (χ1v) is 9.64. The number of hydrogen-bond donors (Lipinski definition) is 1. The average Bonchev–Trinajstić information content (AvgIpc) is 3.03. The first-order valence-electron chi connectivity index (χ1n) is 9.64. The monoisotopic (exact) mass is 347 g/mol. The number of anilines is 1. The summed E-state index contributed by atoms with van der Waals surface area (Å²) in [6, 6.07) is 9.99. The predicted molar refractivity (Wildman–Crippen MR) is 106 cm³/mol. The molecule has 2 aliphatic carbocycles. The second kappa shape index (κ2) is 6.09. The van der Waals surface area contributed by atoms with E-state index in [1.54, 1.807) is 0 Å². The molecule has 0 radical (unpaired) electrons. The van der Waals surface area contributed by atoms with Crippen molar-refractivity contribution in [2.24, 2.45) is 10.2 Å². The van der Waals surface area contributed by atoms with E-state index in [-0.39, 0.29) is 0 Å². The number of fused-ring (bicyclic) bond motifs is 2. The van der Waals surface area contributed by atoms with Gasteiger partial charge >= 0.3 is 0 Å². The summed E-state index contributed by atoms with van der Waals surface area (Å²) in [7, 11) is 0. The van der Waals surface area contributed by atoms with Gasteiger partial charge in [-0.05, 0) is 50.5 Å². The molecule has 1 saturated heterocycles. The molecular formula is C21H25N5. The normalized spacial score (nSPS) is 19.9. The summed E-state index contributed by atoms with van der Waals surface area (Å²) in [5.74, 6) is 0. The fourth-order valence-electron chi connectivity index (χ4n) is 4.48. The van der Waals surface area contributed by atoms with Gasteiger partial charge in [0.15, 0.2) is 0 Å². The molecule has 1 N–H and O–H groups in total. The van der Waals surface area contributed by atoms with E-state index < -0.39 is 0 Å². The third-order valence-corrected chi connectivity index (χ3v) is 6.00. The number of rotatable bonds is 2. The van der Waals surface area contributed by atoms with Crippen LogP contribution in [0.3, 0.4) is 0 Å². The van der Waals surface area contributed by atoms with Crippen LogP contribution in [-0.2, 0) is 6.54 Å². The summed E-state index contributed by atoms with van der Waals surface area (Å²) in [6.07, 6.45) is 6.27. The zero-order chi connectivity index (χ0) is 17.7. The Kier molecular flexibility index (Phi) is 3.71. The van der Waals surface area contributed by atoms with E-state index in [4.69, 9.17) is 5.10 Å². The Morgan fingerprint density at radius 2 is 1.96 bits per heavy atom. The van der Waals surface area contributed by atoms with E-state index >= 15 is 0 Å². The van der Waals surface area contributed by atoms with Gasteiger partial charge in [-0.1, -0.05) is 12.1 Å². The van der Waals surface area contributed by atoms with Crippen LogP contribution in [0.4, 0.5) is 5.69 Å². The van der Waals surface area contributed by atoms with Gasteiger partial charge in [-0.15, -0.1) is 0 Å². The second-order valence-electron chi connectivity index (χ2n) is 7.81. The molecular weight excluding hydrogens is 322 g/mol. The fourth-order valence-corrected chi connectivity index (χ4v) is 4.48. The number of hydrazone groups is 1. The van der Waals surface area contributed by atoms with Gasteiger partial charge in [0.2, 0.25) is 0 Å². The molecule has 0 bridgehead atoms. The molecule has 5 aliphatic rings. The van der Waals surface area contributed by atoms with Gasteiger partial charge in [-0.3, -0.25) is 10.4 Å². The van der Waals surface area contributed by atoms with Crippen LogP contribution >= 0.6 is 0 Å². The van der Waals surface area contributed by atoms with Gasteiger partial charge in [0, 0.05) is 47.7 Å². The van der Waals surface area contributed by atoms with Crippen LogP contribution < -0.4 is 16.0 Å². The van der Waals surface area contributed by atoms with E-state index in [9.17, 15) is 0 Å². The van der Waals surface area contributed by atoms with E-state index in [1.165, 1.54) is 47.8 Å². The topological polar surface area (TPSA) is 43.2 Å². The van der Waals surface area contributed by atoms with Crippen LogP contribution in [0.2, 0.25) is 0 Å². The lowest BCUT2D eigenvalue weighted by Crippen LogP contribution is -2.46. The summed E-state index contributed by atoms with van der Waals surface area (Å²) in [5.41, 5.74) is 8.14. The SMILES string of the molecule is CC(C)N1CCC(N2Cc3ccc4c(c5ccc(c3-5)=N2)NN=CC=4)CC1. The van der Waals surface area contributed by atoms with Crippen molar-refractivity contribution in [2.45, 2.75) is 45.3 Å². The summed E-state index contributed by atoms with van der Waals surface area (Å²) >= 11 is 0. The van der Waals surface area contributed by atoms with Crippen LogP contribution in [0.15, 0.2) is 34.5 Å². The smallest absolute Gasteiger partial charge is 0.0914 e. The maximum Gasteiger partial charge on any atom is 0.0914 e. The molecule has 5 heteroatoms. The Bertz CT molecular complexity index is 953. The van der Waals surface area contributed by atoms with Gasteiger partial charge in [0.25, 0.3) is 0 Å². The molecule has 5 rings (SSSR count). The van der Waals surface area contributed by atoms with Crippen molar-refractivity contribution in [3.8, 4) is 11.1 Å². The minimum absolute atomic E-state index is 0.538. The van der Waals surface area contributed by atoms with Gasteiger partial charge in [0.05, 0.1) is 17.6 Å². The molecule has 0 amide bonds. The van der Waals surface area contributed by atoms with Crippen molar-refractivity contribution in [3.63, 3.8) is 0 Å². The van der Waals surface area contributed by atoms with Crippen LogP contribution in [0.25, 0.3) is 17.2 Å². The molecule has 0 unspecified atom stereocenters. The van der Waals surface area contributed by atoms with E-state index in [0.29, 0.717) is 12.1 Å². The largest absolute Gasteiger partial charge is 0.301 e. The molecule has 0 atom stereocenters. The Morgan fingerprint density at radius 3 is 2.77 bits per heavy atom. The van der Waals surface area contributed by atoms with Gasteiger partial charge in [0.1, 0.15) is 0 Å². The third kappa shape index (κ3) is 2.50. The van der Waals surface area contributed by atoms with E-state index in [0.717, 1.165) is 17.6 Å². The molecule has 5 nitrogen and oxygen atoms in total. The summed E-state index contributed by atoms with van der Waals surface area (Å²) in [5, 5.41) is 13.9. The van der Waals surface area contributed by atoms with Gasteiger partial charge < -0.3 is 4.90 Å². The number of nitrogens with one attached hydrogen (secondary N) is 1. The molecule has 0 aromatic carbocycles. The van der Waals surface area contributed by atoms with Crippen molar-refractivity contribution >= 4 is 18.0 Å². The zero-order valence-corrected chi connectivity index (χ0v) is 15.4. The van der Waals surface area contributed by atoms with Crippen molar-refractivity contribution in [1.29, 1.82) is 0 Å². The molecule has 0 spiro atoms. The molecule has 134 valence electrons. The molecule has 1 fully saturated rings. The maximum absolute atomic E-state index is 5.03. The summed E-state index contributed by atoms with van der Waals surface area (Å²) in [4.78, 5) is 2.57. The summed E-state index contributed by atoms with van der Waals surface area (Å²) in [6.45, 7) is 7.82. The number of piperidine rings is 1. The molecule has 3 aliphatic heterocycles. The van der Waals surface area contributed by atoms with Crippen molar-refractivity contribution in [1.82, 2.24) is 9.91 Å². The van der Waals surface area contributed by atoms with Crippen LogP contribution in [-0.4, -0.2) is 41.3 Å². The van der Waals surface area contributed by atoms with Gasteiger partial charge in [-0.25, -0.2) is 0 Å². The second-order valence-corrected chi connectivity index (χ2v) is 7.81. The molecule has 3 heterocycles. The Labute approximate surface area is 154 Å². The first-order chi connectivity index (χ1) is 12.7. The Hall–Kier alpha value is -2.40. The minimum Gasteiger partial charge on any atom is -0.301 e. The van der Waals surface area contributed by atoms with E-state index in [2.05, 4.69) is 64.6 Å². The lowest BCUT2D eigenvalue weighted by Gasteiger charge is -2.39. The van der Waals surface area contributed by atoms with E-state index in [1.807, 2.05) is 6.21 Å². The highest BCUT2D eigenvalue weighted by Gasteiger charge is 2.28. The maximum atomic E-state index is 5.03. The minimum atomic E-state index is 0.538. The Morgan fingerprint density at radius 1 is 1.12 bits per heavy atom. The molecule has 0 aromatic rings. The fraction of sp³-hybridized carbons (Fsp3) is 0.429. The number of likely N-dealkylation sites (tertiary alicyclic amines) is 1. The summed E-state index contributed by atoms with van der Waals surface area (Å²) < 4.78 is 0.